The molecular weight excluding hydrogens is 366 g/mol. The minimum Gasteiger partial charge on any atom is -0.459 e. The van der Waals surface area contributed by atoms with Crippen LogP contribution in [-0.2, 0) is 4.79 Å². The Morgan fingerprint density at radius 2 is 2.00 bits per heavy atom. The summed E-state index contributed by atoms with van der Waals surface area (Å²) in [6, 6.07) is 8.51. The van der Waals surface area contributed by atoms with Gasteiger partial charge in [-0.05, 0) is 49.1 Å². The zero-order chi connectivity index (χ0) is 19.2. The predicted molar refractivity (Wildman–Crippen MR) is 106 cm³/mol. The quantitative estimate of drug-likeness (QED) is 0.688. The van der Waals surface area contributed by atoms with Crippen molar-refractivity contribution < 1.29 is 14.0 Å². The Hall–Kier alpha value is -2.47. The van der Waals surface area contributed by atoms with Crippen molar-refractivity contribution in [3.63, 3.8) is 0 Å². The monoisotopic (exact) mass is 389 g/mol. The normalized spacial score (nSPS) is 19.3. The molecule has 1 heterocycles. The standard InChI is InChI=1S/C20H24ClN3O3/c1-13-5-2-3-6-15(13)23-19(25)12-22-16-9-8-14(21)11-17(16)24-20(26)18-7-4-10-27-18/h4,7-11,13,15,22H,2-3,5-6,12H2,1H3,(H,23,25)(H,24,26). The third-order valence-electron chi connectivity index (χ3n) is 4.87. The van der Waals surface area contributed by atoms with Crippen molar-refractivity contribution in [2.45, 2.75) is 38.6 Å². The molecule has 1 aromatic carbocycles. The molecule has 2 atom stereocenters. The van der Waals surface area contributed by atoms with Crippen molar-refractivity contribution in [2.75, 3.05) is 17.2 Å². The molecule has 1 fully saturated rings. The van der Waals surface area contributed by atoms with Gasteiger partial charge < -0.3 is 20.4 Å². The molecular formula is C20H24ClN3O3. The van der Waals surface area contributed by atoms with Crippen molar-refractivity contribution in [1.29, 1.82) is 0 Å². The summed E-state index contributed by atoms with van der Waals surface area (Å²) in [5.41, 5.74) is 1.11. The number of benzene rings is 1. The maximum absolute atomic E-state index is 12.3. The van der Waals surface area contributed by atoms with E-state index in [0.29, 0.717) is 22.3 Å². The van der Waals surface area contributed by atoms with E-state index < -0.39 is 0 Å². The fourth-order valence-corrected chi connectivity index (χ4v) is 3.50. The Morgan fingerprint density at radius 3 is 2.74 bits per heavy atom. The number of hydrogen-bond acceptors (Lipinski definition) is 4. The van der Waals surface area contributed by atoms with Gasteiger partial charge in [0, 0.05) is 11.1 Å². The lowest BCUT2D eigenvalue weighted by Gasteiger charge is -2.29. The number of amides is 2. The van der Waals surface area contributed by atoms with Crippen LogP contribution < -0.4 is 16.0 Å². The van der Waals surface area contributed by atoms with Gasteiger partial charge in [-0.25, -0.2) is 0 Å². The minimum absolute atomic E-state index is 0.0630. The number of anilines is 2. The Labute approximate surface area is 163 Å². The van der Waals surface area contributed by atoms with Gasteiger partial charge in [0.1, 0.15) is 0 Å². The number of carbonyl (C=O) groups excluding carboxylic acids is 2. The second-order valence-corrected chi connectivity index (χ2v) is 7.35. The van der Waals surface area contributed by atoms with Gasteiger partial charge in [-0.15, -0.1) is 0 Å². The molecule has 1 saturated carbocycles. The average Bonchev–Trinajstić information content (AvgIpc) is 3.18. The Morgan fingerprint density at radius 1 is 1.19 bits per heavy atom. The van der Waals surface area contributed by atoms with Gasteiger partial charge in [0.25, 0.3) is 5.91 Å². The molecule has 2 unspecified atom stereocenters. The van der Waals surface area contributed by atoms with Gasteiger partial charge in [0.15, 0.2) is 5.76 Å². The zero-order valence-corrected chi connectivity index (χ0v) is 16.0. The van der Waals surface area contributed by atoms with Crippen LogP contribution in [0.4, 0.5) is 11.4 Å². The van der Waals surface area contributed by atoms with Crippen LogP contribution in [0.1, 0.15) is 43.2 Å². The van der Waals surface area contributed by atoms with Crippen LogP contribution in [0.2, 0.25) is 5.02 Å². The SMILES string of the molecule is CC1CCCCC1NC(=O)CNc1ccc(Cl)cc1NC(=O)c1ccco1. The number of hydrogen-bond donors (Lipinski definition) is 3. The first-order valence-corrected chi connectivity index (χ1v) is 9.58. The molecule has 1 aliphatic rings. The maximum Gasteiger partial charge on any atom is 0.291 e. The van der Waals surface area contributed by atoms with Gasteiger partial charge >= 0.3 is 0 Å². The van der Waals surface area contributed by atoms with E-state index in [2.05, 4.69) is 22.9 Å². The zero-order valence-electron chi connectivity index (χ0n) is 15.3. The smallest absolute Gasteiger partial charge is 0.291 e. The Bertz CT molecular complexity index is 792. The first-order valence-electron chi connectivity index (χ1n) is 9.20. The van der Waals surface area contributed by atoms with E-state index in [4.69, 9.17) is 16.0 Å². The van der Waals surface area contributed by atoms with Crippen LogP contribution >= 0.6 is 11.6 Å². The van der Waals surface area contributed by atoms with E-state index >= 15 is 0 Å². The second-order valence-electron chi connectivity index (χ2n) is 6.91. The molecule has 7 heteroatoms. The van der Waals surface area contributed by atoms with Gasteiger partial charge in [0.2, 0.25) is 5.91 Å². The summed E-state index contributed by atoms with van der Waals surface area (Å²) in [6.45, 7) is 2.30. The maximum atomic E-state index is 12.3. The van der Waals surface area contributed by atoms with Gasteiger partial charge in [0.05, 0.1) is 24.2 Å². The van der Waals surface area contributed by atoms with E-state index in [0.717, 1.165) is 19.3 Å². The van der Waals surface area contributed by atoms with Gasteiger partial charge in [-0.2, -0.15) is 0 Å². The van der Waals surface area contributed by atoms with Crippen LogP contribution in [-0.4, -0.2) is 24.4 Å². The molecule has 144 valence electrons. The molecule has 0 spiro atoms. The highest BCUT2D eigenvalue weighted by Crippen LogP contribution is 2.27. The first-order chi connectivity index (χ1) is 13.0. The molecule has 2 aromatic rings. The highest BCUT2D eigenvalue weighted by Gasteiger charge is 2.22. The van der Waals surface area contributed by atoms with Crippen LogP contribution in [0.25, 0.3) is 0 Å². The number of furan rings is 1. The molecule has 27 heavy (non-hydrogen) atoms. The fraction of sp³-hybridized carbons (Fsp3) is 0.400. The fourth-order valence-electron chi connectivity index (χ4n) is 3.33. The molecule has 0 bridgehead atoms. The van der Waals surface area contributed by atoms with E-state index in [9.17, 15) is 9.59 Å². The van der Waals surface area contributed by atoms with Crippen LogP contribution in [0, 0.1) is 5.92 Å². The lowest BCUT2D eigenvalue weighted by molar-refractivity contribution is -0.120. The summed E-state index contributed by atoms with van der Waals surface area (Å²) in [6.07, 6.45) is 6.00. The third-order valence-corrected chi connectivity index (χ3v) is 5.11. The van der Waals surface area contributed by atoms with Crippen molar-refractivity contribution in [1.82, 2.24) is 5.32 Å². The minimum atomic E-state index is -0.384. The third kappa shape index (κ3) is 5.26. The Kier molecular flexibility index (Phi) is 6.40. The van der Waals surface area contributed by atoms with Crippen LogP contribution in [0.5, 0.6) is 0 Å². The molecule has 3 rings (SSSR count). The summed E-state index contributed by atoms with van der Waals surface area (Å²) in [4.78, 5) is 24.5. The van der Waals surface area contributed by atoms with Crippen molar-refractivity contribution in [3.8, 4) is 0 Å². The Balaban J connectivity index is 1.60. The van der Waals surface area contributed by atoms with E-state index in [-0.39, 0.29) is 30.2 Å². The predicted octanol–water partition coefficient (Wildman–Crippen LogP) is 4.29. The highest BCUT2D eigenvalue weighted by atomic mass is 35.5. The van der Waals surface area contributed by atoms with E-state index in [1.54, 1.807) is 30.3 Å². The molecule has 0 radical (unpaired) electrons. The van der Waals surface area contributed by atoms with Crippen LogP contribution in [0.15, 0.2) is 41.0 Å². The molecule has 0 aliphatic heterocycles. The largest absolute Gasteiger partial charge is 0.459 e. The average molecular weight is 390 g/mol. The molecule has 6 nitrogen and oxygen atoms in total. The molecule has 0 saturated heterocycles. The number of carbonyl (C=O) groups is 2. The lowest BCUT2D eigenvalue weighted by Crippen LogP contribution is -2.43. The summed E-state index contributed by atoms with van der Waals surface area (Å²) in [7, 11) is 0. The van der Waals surface area contributed by atoms with Gasteiger partial charge in [-0.3, -0.25) is 9.59 Å². The van der Waals surface area contributed by atoms with Crippen molar-refractivity contribution in [3.05, 3.63) is 47.4 Å². The van der Waals surface area contributed by atoms with Crippen molar-refractivity contribution >= 4 is 34.8 Å². The topological polar surface area (TPSA) is 83.4 Å². The summed E-state index contributed by atoms with van der Waals surface area (Å²) in [5, 5.41) is 9.42. The highest BCUT2D eigenvalue weighted by molar-refractivity contribution is 6.31. The molecule has 3 N–H and O–H groups in total. The summed E-state index contributed by atoms with van der Waals surface area (Å²) in [5.74, 6) is 0.254. The van der Waals surface area contributed by atoms with E-state index in [1.165, 1.54) is 12.7 Å². The van der Waals surface area contributed by atoms with Crippen LogP contribution in [0.3, 0.4) is 0 Å². The number of halogens is 1. The molecule has 2 amide bonds. The molecule has 1 aliphatic carbocycles. The second kappa shape index (κ2) is 8.95. The molecule has 1 aromatic heterocycles. The van der Waals surface area contributed by atoms with Gasteiger partial charge in [-0.1, -0.05) is 31.4 Å². The van der Waals surface area contributed by atoms with E-state index in [1.807, 2.05) is 0 Å². The summed E-state index contributed by atoms with van der Waals surface area (Å²) < 4.78 is 5.10. The van der Waals surface area contributed by atoms with Crippen molar-refractivity contribution in [2.24, 2.45) is 5.92 Å². The summed E-state index contributed by atoms with van der Waals surface area (Å²) >= 11 is 6.05. The number of rotatable bonds is 6. The first kappa shape index (κ1) is 19.3. The lowest BCUT2D eigenvalue weighted by atomic mass is 9.86. The number of nitrogens with one attached hydrogen (secondary N) is 3.